The Morgan fingerprint density at radius 2 is 0.971 bits per heavy atom. The summed E-state index contributed by atoms with van der Waals surface area (Å²) in [5.74, 6) is -0.441. The van der Waals surface area contributed by atoms with Crippen LogP contribution in [0.25, 0.3) is 0 Å². The molecule has 1 heterocycles. The Morgan fingerprint density at radius 3 is 1.45 bits per heavy atom. The average Bonchev–Trinajstić information content (AvgIpc) is 3.31. The molecule has 0 aromatic rings. The number of unbranched alkanes of at least 4 members (excludes halogenated alkanes) is 22. The Balaban J connectivity index is 2.01. The molecule has 0 aromatic heterocycles. The van der Waals surface area contributed by atoms with Crippen molar-refractivity contribution in [1.29, 1.82) is 0 Å². The van der Waals surface area contributed by atoms with Gasteiger partial charge in [-0.15, -0.1) is 0 Å². The predicted octanol–water partition coefficient (Wildman–Crippen LogP) is 6.57. The molecule has 9 N–H and O–H groups in total. The van der Waals surface area contributed by atoms with E-state index in [1.807, 2.05) is 0 Å². The summed E-state index contributed by atoms with van der Waals surface area (Å²) in [6, 6.07) is 0. The maximum Gasteiger partial charge on any atom is 0.470 e. The lowest BCUT2D eigenvalue weighted by molar-refractivity contribution is -0.340. The summed E-state index contributed by atoms with van der Waals surface area (Å²) in [5, 5.41) is 73.7. The molecule has 2 fully saturated rings. The standard InChI is InChI=1S/C50H95O18P/c1-4-6-8-10-12-13-14-15-16-17-18-23-27-31-39(52)63-34-37(65-40(53)32-28-24-20-19-22-26-30-36(3)29-25-21-11-9-7-5-2)35-64-47-44(57)43(56)45(58)48(49(47)68-69(60,61)62)67-50-46(59)42(55)41(54)38(33-51)66-50/h36-38,41-51,54-59H,4-35H2,1-3H3,(H2,60,61,62)/t36?,37?,38-,41-,42+,43?,44+,45-,46+,47-,48-,49?,50-/m1/s1. The predicted molar refractivity (Wildman–Crippen MR) is 259 cm³/mol. The zero-order valence-corrected chi connectivity index (χ0v) is 43.2. The van der Waals surface area contributed by atoms with Gasteiger partial charge in [-0.25, -0.2) is 4.57 Å². The van der Waals surface area contributed by atoms with Crippen LogP contribution in [0.1, 0.15) is 207 Å². The van der Waals surface area contributed by atoms with Gasteiger partial charge in [0.2, 0.25) is 0 Å². The van der Waals surface area contributed by atoms with Gasteiger partial charge in [-0.05, 0) is 18.8 Å². The smallest absolute Gasteiger partial charge is 0.462 e. The summed E-state index contributed by atoms with van der Waals surface area (Å²) in [5.41, 5.74) is 0. The number of phosphoric ester groups is 1. The second-order valence-corrected chi connectivity index (χ2v) is 20.9. The second-order valence-electron chi connectivity index (χ2n) is 19.7. The highest BCUT2D eigenvalue weighted by Crippen LogP contribution is 2.43. The maximum atomic E-state index is 13.2. The molecule has 1 aliphatic heterocycles. The van der Waals surface area contributed by atoms with Gasteiger partial charge in [-0.2, -0.15) is 0 Å². The van der Waals surface area contributed by atoms with Crippen molar-refractivity contribution in [3.05, 3.63) is 0 Å². The van der Waals surface area contributed by atoms with Gasteiger partial charge in [0, 0.05) is 12.8 Å². The molecule has 2 aliphatic rings. The van der Waals surface area contributed by atoms with Gasteiger partial charge in [0.05, 0.1) is 13.2 Å². The van der Waals surface area contributed by atoms with E-state index in [1.54, 1.807) is 0 Å². The van der Waals surface area contributed by atoms with Crippen LogP contribution in [0.5, 0.6) is 0 Å². The molecule has 0 bridgehead atoms. The fourth-order valence-electron chi connectivity index (χ4n) is 9.14. The molecule has 1 saturated carbocycles. The molecule has 0 amide bonds. The number of ether oxygens (including phenoxy) is 5. The first-order chi connectivity index (χ1) is 33.0. The summed E-state index contributed by atoms with van der Waals surface area (Å²) in [6.07, 6.45) is 7.99. The van der Waals surface area contributed by atoms with Crippen molar-refractivity contribution in [2.45, 2.75) is 280 Å². The monoisotopic (exact) mass is 1010 g/mol. The van der Waals surface area contributed by atoms with E-state index in [0.717, 1.165) is 57.3 Å². The highest BCUT2D eigenvalue weighted by molar-refractivity contribution is 7.46. The average molecular weight is 1020 g/mol. The van der Waals surface area contributed by atoms with E-state index in [4.69, 9.17) is 28.2 Å². The van der Waals surface area contributed by atoms with Crippen LogP contribution in [0.4, 0.5) is 0 Å². The largest absolute Gasteiger partial charge is 0.470 e. The summed E-state index contributed by atoms with van der Waals surface area (Å²) in [6.45, 7) is 4.81. The van der Waals surface area contributed by atoms with Gasteiger partial charge < -0.3 is 69.2 Å². The van der Waals surface area contributed by atoms with Crippen LogP contribution in [-0.4, -0.2) is 151 Å². The number of hydrogen-bond donors (Lipinski definition) is 9. The van der Waals surface area contributed by atoms with E-state index in [9.17, 15) is 59.7 Å². The molecular weight excluding hydrogens is 920 g/mol. The highest BCUT2D eigenvalue weighted by atomic mass is 31.2. The van der Waals surface area contributed by atoms with Crippen molar-refractivity contribution in [3.63, 3.8) is 0 Å². The molecule has 0 spiro atoms. The van der Waals surface area contributed by atoms with Crippen molar-refractivity contribution in [2.24, 2.45) is 5.92 Å². The summed E-state index contributed by atoms with van der Waals surface area (Å²) in [4.78, 5) is 45.8. The first-order valence-corrected chi connectivity index (χ1v) is 28.3. The third kappa shape index (κ3) is 27.0. The quantitative estimate of drug-likeness (QED) is 0.0178. The zero-order valence-electron chi connectivity index (χ0n) is 42.3. The normalized spacial score (nSPS) is 27.3. The van der Waals surface area contributed by atoms with Gasteiger partial charge in [-0.1, -0.05) is 181 Å². The zero-order chi connectivity index (χ0) is 51.0. The number of hydrogen-bond acceptors (Lipinski definition) is 16. The Hall–Kier alpha value is -1.35. The van der Waals surface area contributed by atoms with Crippen LogP contribution in [0.3, 0.4) is 0 Å². The Labute approximate surface area is 412 Å². The molecule has 1 saturated heterocycles. The number of aliphatic hydroxyl groups excluding tert-OH is 7. The van der Waals surface area contributed by atoms with Crippen molar-refractivity contribution in [1.82, 2.24) is 0 Å². The fourth-order valence-corrected chi connectivity index (χ4v) is 9.70. The number of phosphoric acid groups is 1. The lowest BCUT2D eigenvalue weighted by Crippen LogP contribution is -2.68. The Morgan fingerprint density at radius 1 is 0.536 bits per heavy atom. The van der Waals surface area contributed by atoms with E-state index in [-0.39, 0.29) is 12.8 Å². The molecule has 408 valence electrons. The van der Waals surface area contributed by atoms with Crippen molar-refractivity contribution in [3.8, 4) is 0 Å². The van der Waals surface area contributed by atoms with E-state index in [2.05, 4.69) is 20.8 Å². The van der Waals surface area contributed by atoms with Crippen LogP contribution in [0.15, 0.2) is 0 Å². The number of esters is 2. The summed E-state index contributed by atoms with van der Waals surface area (Å²) in [7, 11) is -5.51. The third-order valence-electron chi connectivity index (χ3n) is 13.5. The first kappa shape index (κ1) is 63.8. The molecule has 1 aliphatic carbocycles. The maximum absolute atomic E-state index is 13.2. The molecule has 19 heteroatoms. The second kappa shape index (κ2) is 37.4. The van der Waals surface area contributed by atoms with E-state index in [0.29, 0.717) is 12.8 Å². The minimum Gasteiger partial charge on any atom is -0.462 e. The van der Waals surface area contributed by atoms with Crippen LogP contribution in [-0.2, 0) is 42.4 Å². The number of carbonyl (C=O) groups excluding carboxylic acids is 2. The third-order valence-corrected chi connectivity index (χ3v) is 14.0. The number of aliphatic hydroxyl groups is 7. The van der Waals surface area contributed by atoms with Gasteiger partial charge in [-0.3, -0.25) is 14.1 Å². The molecular formula is C50H95O18P. The van der Waals surface area contributed by atoms with Crippen molar-refractivity contribution >= 4 is 19.8 Å². The molecule has 13 atom stereocenters. The van der Waals surface area contributed by atoms with Gasteiger partial charge in [0.1, 0.15) is 67.6 Å². The fraction of sp³-hybridized carbons (Fsp3) is 0.960. The molecule has 0 radical (unpaired) electrons. The first-order valence-electron chi connectivity index (χ1n) is 26.7. The minimum atomic E-state index is -5.51. The van der Waals surface area contributed by atoms with Crippen LogP contribution in [0, 0.1) is 5.92 Å². The van der Waals surface area contributed by atoms with Crippen LogP contribution < -0.4 is 0 Å². The lowest BCUT2D eigenvalue weighted by Gasteiger charge is -2.48. The molecule has 69 heavy (non-hydrogen) atoms. The van der Waals surface area contributed by atoms with Gasteiger partial charge >= 0.3 is 19.8 Å². The summed E-state index contributed by atoms with van der Waals surface area (Å²) < 4.78 is 45.2. The van der Waals surface area contributed by atoms with Crippen LogP contribution in [0.2, 0.25) is 0 Å². The minimum absolute atomic E-state index is 0.0502. The number of rotatable bonds is 41. The molecule has 18 nitrogen and oxygen atoms in total. The topological polar surface area (TPSA) is 289 Å². The molecule has 4 unspecified atom stereocenters. The summed E-state index contributed by atoms with van der Waals surface area (Å²) >= 11 is 0. The van der Waals surface area contributed by atoms with E-state index < -0.39 is 113 Å². The highest BCUT2D eigenvalue weighted by Gasteiger charge is 2.56. The molecule has 2 rings (SSSR count). The van der Waals surface area contributed by atoms with Crippen LogP contribution >= 0.6 is 7.82 Å². The van der Waals surface area contributed by atoms with Crippen molar-refractivity contribution in [2.75, 3.05) is 19.8 Å². The lowest BCUT2D eigenvalue weighted by atomic mass is 9.84. The van der Waals surface area contributed by atoms with Gasteiger partial charge in [0.25, 0.3) is 0 Å². The van der Waals surface area contributed by atoms with Crippen molar-refractivity contribution < 1.29 is 87.9 Å². The number of carbonyl (C=O) groups is 2. The Kier molecular flexibility index (Phi) is 34.6. The SMILES string of the molecule is CCCCCCCCCCCCCCCC(=O)OCC(CO[C@H]1C(OP(=O)(O)O)[C@H](O[C@H]2O[C@H](CO)[C@@H](O)[C@H](O)[C@@H]2O)[C@H](O)C(O)[C@@H]1O)OC(=O)CCCCCCCCC(C)CCCCCCCC. The van der Waals surface area contributed by atoms with E-state index >= 15 is 0 Å². The molecule has 0 aromatic carbocycles. The van der Waals surface area contributed by atoms with Gasteiger partial charge in [0.15, 0.2) is 12.4 Å². The van der Waals surface area contributed by atoms with E-state index in [1.165, 1.54) is 109 Å². The Bertz CT molecular complexity index is 1350.